The summed E-state index contributed by atoms with van der Waals surface area (Å²) >= 11 is 4.92. The SMILES string of the molecule is C#Cc1ccc(-c2sc(-c3ccc(C#C)s3)c3nc(C)c(C)nc23)s1. The maximum absolute atomic E-state index is 5.53. The molecule has 25 heavy (non-hydrogen) atoms. The van der Waals surface area contributed by atoms with Crippen molar-refractivity contribution in [2.75, 3.05) is 0 Å². The van der Waals surface area contributed by atoms with E-state index in [0.29, 0.717) is 0 Å². The maximum atomic E-state index is 5.53. The molecule has 5 heteroatoms. The van der Waals surface area contributed by atoms with Crippen LogP contribution in [-0.2, 0) is 0 Å². The number of fused-ring (bicyclic) bond motifs is 1. The van der Waals surface area contributed by atoms with Gasteiger partial charge < -0.3 is 0 Å². The number of aryl methyl sites for hydroxylation is 2. The van der Waals surface area contributed by atoms with Crippen LogP contribution in [-0.4, -0.2) is 9.97 Å². The van der Waals surface area contributed by atoms with Crippen LogP contribution in [0.1, 0.15) is 21.1 Å². The molecule has 4 aromatic heterocycles. The van der Waals surface area contributed by atoms with Gasteiger partial charge in [0, 0.05) is 9.75 Å². The van der Waals surface area contributed by atoms with Gasteiger partial charge in [0.1, 0.15) is 11.0 Å². The molecule has 0 bridgehead atoms. The van der Waals surface area contributed by atoms with E-state index in [2.05, 4.69) is 24.0 Å². The van der Waals surface area contributed by atoms with Crippen molar-refractivity contribution in [1.29, 1.82) is 0 Å². The number of thiophene rings is 3. The highest BCUT2D eigenvalue weighted by atomic mass is 32.1. The van der Waals surface area contributed by atoms with Gasteiger partial charge in [0.25, 0.3) is 0 Å². The first kappa shape index (κ1) is 16.1. The summed E-state index contributed by atoms with van der Waals surface area (Å²) in [6, 6.07) is 8.07. The van der Waals surface area contributed by atoms with Gasteiger partial charge in [0.2, 0.25) is 0 Å². The van der Waals surface area contributed by atoms with Crippen LogP contribution in [0.15, 0.2) is 24.3 Å². The molecule has 0 N–H and O–H groups in total. The Morgan fingerprint density at radius 3 is 1.52 bits per heavy atom. The Bertz CT molecular complexity index is 1100. The van der Waals surface area contributed by atoms with E-state index in [0.717, 1.165) is 51.7 Å². The zero-order chi connectivity index (χ0) is 17.6. The van der Waals surface area contributed by atoms with Gasteiger partial charge in [-0.05, 0) is 38.1 Å². The topological polar surface area (TPSA) is 25.8 Å². The minimum Gasteiger partial charge on any atom is -0.248 e. The second-order valence-electron chi connectivity index (χ2n) is 5.47. The predicted octanol–water partition coefficient (Wildman–Crippen LogP) is 5.73. The highest BCUT2D eigenvalue weighted by Gasteiger charge is 2.20. The van der Waals surface area contributed by atoms with Crippen LogP contribution in [0.4, 0.5) is 0 Å². The molecule has 0 amide bonds. The van der Waals surface area contributed by atoms with Crippen LogP contribution < -0.4 is 0 Å². The standard InChI is InChI=1S/C20H12N2S3/c1-5-13-7-9-15(23-13)19-17-18(22-12(4)11(3)21-17)20(25-19)16-10-8-14(6-2)24-16/h1-2,7-10H,3-4H3. The molecule has 0 aliphatic heterocycles. The van der Waals surface area contributed by atoms with Crippen molar-refractivity contribution < 1.29 is 0 Å². The Morgan fingerprint density at radius 2 is 1.16 bits per heavy atom. The van der Waals surface area contributed by atoms with E-state index in [-0.39, 0.29) is 0 Å². The van der Waals surface area contributed by atoms with Gasteiger partial charge in [-0.1, -0.05) is 11.8 Å². The Hall–Kier alpha value is -2.44. The van der Waals surface area contributed by atoms with E-state index < -0.39 is 0 Å². The lowest BCUT2D eigenvalue weighted by Gasteiger charge is -2.00. The Labute approximate surface area is 158 Å². The second-order valence-corrected chi connectivity index (χ2v) is 8.66. The van der Waals surface area contributed by atoms with Crippen LogP contribution in [0.25, 0.3) is 30.5 Å². The van der Waals surface area contributed by atoms with E-state index >= 15 is 0 Å². The van der Waals surface area contributed by atoms with Gasteiger partial charge in [-0.25, -0.2) is 9.97 Å². The minimum absolute atomic E-state index is 0.917. The van der Waals surface area contributed by atoms with Crippen molar-refractivity contribution in [2.45, 2.75) is 13.8 Å². The summed E-state index contributed by atoms with van der Waals surface area (Å²) < 4.78 is 0. The molecule has 4 heterocycles. The number of rotatable bonds is 2. The Morgan fingerprint density at radius 1 is 0.720 bits per heavy atom. The molecular weight excluding hydrogens is 364 g/mol. The number of hydrogen-bond acceptors (Lipinski definition) is 5. The Balaban J connectivity index is 2.02. The van der Waals surface area contributed by atoms with Crippen molar-refractivity contribution in [2.24, 2.45) is 0 Å². The summed E-state index contributed by atoms with van der Waals surface area (Å²) in [5.41, 5.74) is 3.76. The zero-order valence-electron chi connectivity index (χ0n) is 13.6. The molecule has 0 saturated heterocycles. The molecular formula is C20H12N2S3. The molecule has 4 aromatic rings. The minimum atomic E-state index is 0.917. The van der Waals surface area contributed by atoms with Crippen molar-refractivity contribution in [3.8, 4) is 44.2 Å². The van der Waals surface area contributed by atoms with Crippen LogP contribution in [0.2, 0.25) is 0 Å². The average molecular weight is 377 g/mol. The first-order chi connectivity index (χ1) is 12.1. The third-order valence-electron chi connectivity index (χ3n) is 3.89. The molecule has 0 aliphatic rings. The summed E-state index contributed by atoms with van der Waals surface area (Å²) in [5.74, 6) is 5.40. The summed E-state index contributed by atoms with van der Waals surface area (Å²) in [6.07, 6.45) is 11.1. The normalized spacial score (nSPS) is 10.7. The monoisotopic (exact) mass is 376 g/mol. The van der Waals surface area contributed by atoms with E-state index in [4.69, 9.17) is 22.8 Å². The number of nitrogens with zero attached hydrogens (tertiary/aromatic N) is 2. The number of hydrogen-bond donors (Lipinski definition) is 0. The quantitative estimate of drug-likeness (QED) is 0.418. The fraction of sp³-hybridized carbons (Fsp3) is 0.100. The van der Waals surface area contributed by atoms with Gasteiger partial charge >= 0.3 is 0 Å². The van der Waals surface area contributed by atoms with E-state index in [1.807, 2.05) is 26.0 Å². The molecule has 4 rings (SSSR count). The first-order valence-corrected chi connectivity index (χ1v) is 9.97. The molecule has 2 nitrogen and oxygen atoms in total. The van der Waals surface area contributed by atoms with Crippen molar-refractivity contribution >= 4 is 45.0 Å². The van der Waals surface area contributed by atoms with Crippen LogP contribution in [0, 0.1) is 38.5 Å². The average Bonchev–Trinajstić information content (AvgIpc) is 3.32. The van der Waals surface area contributed by atoms with E-state index in [1.54, 1.807) is 34.0 Å². The van der Waals surface area contributed by atoms with Crippen LogP contribution in [0.3, 0.4) is 0 Å². The largest absolute Gasteiger partial charge is 0.248 e. The predicted molar refractivity (Wildman–Crippen MR) is 109 cm³/mol. The highest BCUT2D eigenvalue weighted by molar-refractivity contribution is 7.28. The van der Waals surface area contributed by atoms with Gasteiger partial charge in [-0.2, -0.15) is 0 Å². The van der Waals surface area contributed by atoms with Crippen molar-refractivity contribution in [3.05, 3.63) is 45.4 Å². The third-order valence-corrected chi connectivity index (χ3v) is 7.45. The highest BCUT2D eigenvalue weighted by Crippen LogP contribution is 2.46. The summed E-state index contributed by atoms with van der Waals surface area (Å²) in [4.78, 5) is 16.0. The summed E-state index contributed by atoms with van der Waals surface area (Å²) in [5, 5.41) is 0. The van der Waals surface area contributed by atoms with Crippen LogP contribution >= 0.6 is 34.0 Å². The fourth-order valence-corrected chi connectivity index (χ4v) is 5.56. The first-order valence-electron chi connectivity index (χ1n) is 7.52. The van der Waals surface area contributed by atoms with Crippen molar-refractivity contribution in [1.82, 2.24) is 9.97 Å². The second kappa shape index (κ2) is 6.13. The lowest BCUT2D eigenvalue weighted by atomic mass is 10.2. The lowest BCUT2D eigenvalue weighted by molar-refractivity contribution is 1.11. The van der Waals surface area contributed by atoms with Gasteiger partial charge in [0.05, 0.1) is 30.9 Å². The maximum Gasteiger partial charge on any atom is 0.109 e. The van der Waals surface area contributed by atoms with Crippen molar-refractivity contribution in [3.63, 3.8) is 0 Å². The van der Waals surface area contributed by atoms with E-state index in [9.17, 15) is 0 Å². The van der Waals surface area contributed by atoms with Gasteiger partial charge in [-0.3, -0.25) is 0 Å². The molecule has 0 spiro atoms. The molecule has 0 fully saturated rings. The molecule has 0 aromatic carbocycles. The van der Waals surface area contributed by atoms with Gasteiger partial charge in [0.15, 0.2) is 0 Å². The van der Waals surface area contributed by atoms with Crippen LogP contribution in [0.5, 0.6) is 0 Å². The lowest BCUT2D eigenvalue weighted by Crippen LogP contribution is -1.92. The number of aromatic nitrogens is 2. The summed E-state index contributed by atoms with van der Waals surface area (Å²) in [7, 11) is 0. The molecule has 0 aliphatic carbocycles. The smallest absolute Gasteiger partial charge is 0.109 e. The third kappa shape index (κ3) is 2.67. The molecule has 0 unspecified atom stereocenters. The number of terminal acetylenes is 2. The molecule has 120 valence electrons. The summed E-state index contributed by atoms with van der Waals surface area (Å²) in [6.45, 7) is 3.98. The van der Waals surface area contributed by atoms with E-state index in [1.165, 1.54) is 0 Å². The van der Waals surface area contributed by atoms with Gasteiger partial charge in [-0.15, -0.1) is 46.9 Å². The molecule has 0 radical (unpaired) electrons. The Kier molecular flexibility index (Phi) is 3.94. The molecule has 0 atom stereocenters. The molecule has 0 saturated carbocycles. The fourth-order valence-electron chi connectivity index (χ4n) is 2.53. The zero-order valence-corrected chi connectivity index (χ0v) is 16.0.